The SMILES string of the molecule is CC(C)(O)[C@@H]1Cc2c(c(O)cc3ccc(=O)oc23)O1. The Bertz CT molecular complexity index is 708. The Hall–Kier alpha value is -2.01. The van der Waals surface area contributed by atoms with Crippen LogP contribution in [0.3, 0.4) is 0 Å². The number of benzene rings is 1. The van der Waals surface area contributed by atoms with E-state index in [1.54, 1.807) is 19.9 Å². The maximum absolute atomic E-state index is 11.3. The van der Waals surface area contributed by atoms with Crippen LogP contribution in [0.5, 0.6) is 11.5 Å². The molecule has 5 heteroatoms. The van der Waals surface area contributed by atoms with Crippen molar-refractivity contribution in [1.29, 1.82) is 0 Å². The Labute approximate surface area is 109 Å². The van der Waals surface area contributed by atoms with Crippen LogP contribution in [-0.2, 0) is 6.42 Å². The van der Waals surface area contributed by atoms with Crippen molar-refractivity contribution >= 4 is 11.0 Å². The minimum Gasteiger partial charge on any atom is -0.504 e. The van der Waals surface area contributed by atoms with Crippen molar-refractivity contribution < 1.29 is 19.4 Å². The van der Waals surface area contributed by atoms with Crippen molar-refractivity contribution in [3.63, 3.8) is 0 Å². The first-order chi connectivity index (χ1) is 8.86. The van der Waals surface area contributed by atoms with Crippen molar-refractivity contribution in [1.82, 2.24) is 0 Å². The van der Waals surface area contributed by atoms with Crippen LogP contribution in [0.4, 0.5) is 0 Å². The molecule has 1 aromatic heterocycles. The highest BCUT2D eigenvalue weighted by Crippen LogP contribution is 2.43. The van der Waals surface area contributed by atoms with Crippen LogP contribution in [0.1, 0.15) is 19.4 Å². The molecule has 1 aliphatic rings. The second-order valence-corrected chi connectivity index (χ2v) is 5.34. The van der Waals surface area contributed by atoms with E-state index in [1.165, 1.54) is 12.1 Å². The highest BCUT2D eigenvalue weighted by Gasteiger charge is 2.37. The standard InChI is InChI=1S/C14H14O5/c1-14(2,17)10-6-8-12-7(3-4-11(16)19-12)5-9(15)13(8)18-10/h3-5,10,15,17H,6H2,1-2H3/t10-/m0/s1. The lowest BCUT2D eigenvalue weighted by atomic mass is 9.96. The van der Waals surface area contributed by atoms with Crippen molar-refractivity contribution in [3.8, 4) is 11.5 Å². The van der Waals surface area contributed by atoms with E-state index < -0.39 is 17.3 Å². The lowest BCUT2D eigenvalue weighted by Crippen LogP contribution is -2.39. The molecule has 5 nitrogen and oxygen atoms in total. The third-order valence-corrected chi connectivity index (χ3v) is 3.37. The van der Waals surface area contributed by atoms with E-state index in [4.69, 9.17) is 9.15 Å². The van der Waals surface area contributed by atoms with E-state index in [1.807, 2.05) is 0 Å². The van der Waals surface area contributed by atoms with Crippen molar-refractivity contribution in [2.45, 2.75) is 32.0 Å². The molecule has 0 radical (unpaired) electrons. The van der Waals surface area contributed by atoms with Gasteiger partial charge in [-0.1, -0.05) is 0 Å². The van der Waals surface area contributed by atoms with Gasteiger partial charge in [-0.3, -0.25) is 0 Å². The van der Waals surface area contributed by atoms with Crippen LogP contribution in [-0.4, -0.2) is 21.9 Å². The van der Waals surface area contributed by atoms with Gasteiger partial charge in [-0.05, 0) is 26.0 Å². The average molecular weight is 262 g/mol. The molecule has 19 heavy (non-hydrogen) atoms. The number of phenolic OH excluding ortho intramolecular Hbond substituents is 1. The van der Waals surface area contributed by atoms with E-state index in [0.717, 1.165) is 0 Å². The summed E-state index contributed by atoms with van der Waals surface area (Å²) in [5, 5.41) is 20.6. The molecule has 0 saturated carbocycles. The summed E-state index contributed by atoms with van der Waals surface area (Å²) in [5.41, 5.74) is -0.466. The van der Waals surface area contributed by atoms with Crippen molar-refractivity contribution in [2.75, 3.05) is 0 Å². The molecule has 2 heterocycles. The van der Waals surface area contributed by atoms with Gasteiger partial charge in [-0.2, -0.15) is 0 Å². The van der Waals surface area contributed by atoms with Gasteiger partial charge in [0.2, 0.25) is 0 Å². The number of ether oxygens (including phenoxy) is 1. The molecular formula is C14H14O5. The minimum atomic E-state index is -1.05. The fourth-order valence-electron chi connectivity index (χ4n) is 2.33. The lowest BCUT2D eigenvalue weighted by molar-refractivity contribution is -0.0235. The lowest BCUT2D eigenvalue weighted by Gasteiger charge is -2.24. The quantitative estimate of drug-likeness (QED) is 0.762. The Morgan fingerprint density at radius 1 is 1.37 bits per heavy atom. The number of aliphatic hydroxyl groups is 1. The summed E-state index contributed by atoms with van der Waals surface area (Å²) in [5.74, 6) is 0.275. The van der Waals surface area contributed by atoms with Gasteiger partial charge in [0.15, 0.2) is 11.5 Å². The van der Waals surface area contributed by atoms with E-state index >= 15 is 0 Å². The Morgan fingerprint density at radius 2 is 2.11 bits per heavy atom. The van der Waals surface area contributed by atoms with Crippen LogP contribution in [0.15, 0.2) is 27.4 Å². The summed E-state index contributed by atoms with van der Waals surface area (Å²) >= 11 is 0. The van der Waals surface area contributed by atoms with Crippen LogP contribution in [0, 0.1) is 0 Å². The predicted molar refractivity (Wildman–Crippen MR) is 68.6 cm³/mol. The largest absolute Gasteiger partial charge is 0.504 e. The average Bonchev–Trinajstić information content (AvgIpc) is 2.76. The number of hydrogen-bond donors (Lipinski definition) is 2. The number of fused-ring (bicyclic) bond motifs is 3. The molecule has 3 rings (SSSR count). The Morgan fingerprint density at radius 3 is 2.79 bits per heavy atom. The highest BCUT2D eigenvalue weighted by molar-refractivity contribution is 5.85. The molecule has 1 atom stereocenters. The van der Waals surface area contributed by atoms with E-state index in [-0.39, 0.29) is 11.5 Å². The molecule has 0 amide bonds. The zero-order valence-electron chi connectivity index (χ0n) is 10.6. The summed E-state index contributed by atoms with van der Waals surface area (Å²) in [4.78, 5) is 11.3. The third kappa shape index (κ3) is 1.86. The van der Waals surface area contributed by atoms with Gasteiger partial charge in [-0.25, -0.2) is 4.79 Å². The summed E-state index contributed by atoms with van der Waals surface area (Å²) in [6.07, 6.45) is -0.0963. The second-order valence-electron chi connectivity index (χ2n) is 5.34. The van der Waals surface area contributed by atoms with Gasteiger partial charge in [-0.15, -0.1) is 0 Å². The zero-order valence-corrected chi connectivity index (χ0v) is 10.6. The number of aromatic hydroxyl groups is 1. The first kappa shape index (κ1) is 12.0. The second kappa shape index (κ2) is 3.74. The smallest absolute Gasteiger partial charge is 0.336 e. The van der Waals surface area contributed by atoms with Gasteiger partial charge < -0.3 is 19.4 Å². The first-order valence-corrected chi connectivity index (χ1v) is 6.04. The monoisotopic (exact) mass is 262 g/mol. The Balaban J connectivity index is 2.23. The van der Waals surface area contributed by atoms with Crippen LogP contribution >= 0.6 is 0 Å². The van der Waals surface area contributed by atoms with Gasteiger partial charge >= 0.3 is 5.63 Å². The third-order valence-electron chi connectivity index (χ3n) is 3.37. The fraction of sp³-hybridized carbons (Fsp3) is 0.357. The van der Waals surface area contributed by atoms with E-state index in [9.17, 15) is 15.0 Å². The molecule has 100 valence electrons. The van der Waals surface area contributed by atoms with E-state index in [0.29, 0.717) is 23.0 Å². The first-order valence-electron chi connectivity index (χ1n) is 6.04. The molecule has 1 aromatic carbocycles. The van der Waals surface area contributed by atoms with Gasteiger partial charge in [0.25, 0.3) is 0 Å². The number of hydrogen-bond acceptors (Lipinski definition) is 5. The summed E-state index contributed by atoms with van der Waals surface area (Å²) in [6.45, 7) is 3.28. The highest BCUT2D eigenvalue weighted by atomic mass is 16.5. The summed E-state index contributed by atoms with van der Waals surface area (Å²) in [7, 11) is 0. The van der Waals surface area contributed by atoms with Gasteiger partial charge in [0.05, 0.1) is 5.60 Å². The number of phenols is 1. The van der Waals surface area contributed by atoms with E-state index in [2.05, 4.69) is 0 Å². The summed E-state index contributed by atoms with van der Waals surface area (Å²) in [6, 6.07) is 4.39. The minimum absolute atomic E-state index is 0.0110. The molecular weight excluding hydrogens is 248 g/mol. The molecule has 0 saturated heterocycles. The normalized spacial score (nSPS) is 18.4. The molecule has 0 unspecified atom stereocenters. The predicted octanol–water partition coefficient (Wildman–Crippen LogP) is 1.57. The van der Waals surface area contributed by atoms with Crippen molar-refractivity contribution in [2.24, 2.45) is 0 Å². The molecule has 0 bridgehead atoms. The van der Waals surface area contributed by atoms with Crippen LogP contribution < -0.4 is 10.4 Å². The van der Waals surface area contributed by atoms with Crippen molar-refractivity contribution in [3.05, 3.63) is 34.2 Å². The molecule has 2 N–H and O–H groups in total. The molecule has 2 aromatic rings. The fourth-order valence-corrected chi connectivity index (χ4v) is 2.33. The molecule has 0 spiro atoms. The maximum atomic E-state index is 11.3. The Kier molecular flexibility index (Phi) is 2.37. The van der Waals surface area contributed by atoms with Gasteiger partial charge in [0.1, 0.15) is 11.7 Å². The van der Waals surface area contributed by atoms with Crippen LogP contribution in [0.25, 0.3) is 11.0 Å². The molecule has 0 aliphatic carbocycles. The number of rotatable bonds is 1. The maximum Gasteiger partial charge on any atom is 0.336 e. The van der Waals surface area contributed by atoms with Crippen LogP contribution in [0.2, 0.25) is 0 Å². The summed E-state index contributed by atoms with van der Waals surface area (Å²) < 4.78 is 10.8. The molecule has 1 aliphatic heterocycles. The van der Waals surface area contributed by atoms with Gasteiger partial charge in [0, 0.05) is 23.4 Å². The topological polar surface area (TPSA) is 79.9 Å². The molecule has 0 fully saturated rings. The zero-order chi connectivity index (χ0) is 13.8.